The van der Waals surface area contributed by atoms with Crippen molar-refractivity contribution in [1.29, 1.82) is 0 Å². The molecule has 132 valence electrons. The van der Waals surface area contributed by atoms with E-state index in [0.717, 1.165) is 19.3 Å². The molecule has 1 aromatic carbocycles. The van der Waals surface area contributed by atoms with Gasteiger partial charge in [0.05, 0.1) is 24.6 Å². The Morgan fingerprint density at radius 2 is 2.29 bits per heavy atom. The number of benzene rings is 1. The molecule has 1 aliphatic carbocycles. The van der Waals surface area contributed by atoms with Gasteiger partial charge >= 0.3 is 0 Å². The number of hydrogen-bond acceptors (Lipinski definition) is 6. The van der Waals surface area contributed by atoms with Gasteiger partial charge in [0, 0.05) is 18.1 Å². The quantitative estimate of drug-likeness (QED) is 0.515. The fraction of sp³-hybridized carbons (Fsp3) is 0.562. The van der Waals surface area contributed by atoms with E-state index in [-0.39, 0.29) is 41.9 Å². The van der Waals surface area contributed by atoms with Gasteiger partial charge in [-0.25, -0.2) is 0 Å². The molecule has 8 heteroatoms. The number of nitrogens with zero attached hydrogens (tertiary/aromatic N) is 1. The van der Waals surface area contributed by atoms with Gasteiger partial charge in [-0.05, 0) is 25.0 Å². The average Bonchev–Trinajstić information content (AvgIpc) is 2.94. The van der Waals surface area contributed by atoms with E-state index >= 15 is 0 Å². The first-order valence-corrected chi connectivity index (χ1v) is 7.86. The number of nitrogens with one attached hydrogen (secondary N) is 2. The number of aliphatic hydroxyl groups excluding tert-OH is 1. The third-order valence-corrected chi connectivity index (χ3v) is 4.63. The summed E-state index contributed by atoms with van der Waals surface area (Å²) in [6.07, 6.45) is 2.81. The van der Waals surface area contributed by atoms with Crippen molar-refractivity contribution in [2.24, 2.45) is 5.41 Å². The van der Waals surface area contributed by atoms with Crippen LogP contribution in [-0.4, -0.2) is 42.2 Å². The Kier molecular flexibility index (Phi) is 5.74. The highest BCUT2D eigenvalue weighted by Gasteiger charge is 2.38. The van der Waals surface area contributed by atoms with Crippen LogP contribution in [0.1, 0.15) is 26.2 Å². The van der Waals surface area contributed by atoms with Crippen LogP contribution >= 0.6 is 0 Å². The first-order valence-electron chi connectivity index (χ1n) is 7.86. The molecule has 1 amide bonds. The number of nitro benzene ring substituents is 1. The minimum absolute atomic E-state index is 0.0312. The maximum Gasteiger partial charge on any atom is 0.296 e. The van der Waals surface area contributed by atoms with E-state index in [1.807, 2.05) is 6.92 Å². The number of hydrogen-bond donors (Lipinski definition) is 3. The predicted molar refractivity (Wildman–Crippen MR) is 89.1 cm³/mol. The summed E-state index contributed by atoms with van der Waals surface area (Å²) >= 11 is 0. The second-order valence-corrected chi connectivity index (χ2v) is 6.33. The lowest BCUT2D eigenvalue weighted by Gasteiger charge is -2.30. The van der Waals surface area contributed by atoms with Gasteiger partial charge in [0.2, 0.25) is 5.91 Å². The molecule has 0 aromatic heterocycles. The van der Waals surface area contributed by atoms with E-state index in [2.05, 4.69) is 10.6 Å². The highest BCUT2D eigenvalue weighted by molar-refractivity contribution is 5.94. The molecule has 8 nitrogen and oxygen atoms in total. The molecule has 2 atom stereocenters. The number of amides is 1. The third kappa shape index (κ3) is 4.01. The lowest BCUT2D eigenvalue weighted by Crippen LogP contribution is -2.44. The van der Waals surface area contributed by atoms with E-state index in [1.165, 1.54) is 19.2 Å². The van der Waals surface area contributed by atoms with Crippen molar-refractivity contribution in [3.63, 3.8) is 0 Å². The Hall–Kier alpha value is -2.19. The summed E-state index contributed by atoms with van der Waals surface area (Å²) in [5.74, 6) is -0.0158. The molecule has 0 radical (unpaired) electrons. The molecule has 1 aromatic rings. The van der Waals surface area contributed by atoms with Crippen LogP contribution in [0, 0.1) is 15.5 Å². The number of anilines is 1. The molecule has 0 heterocycles. The molecule has 0 unspecified atom stereocenters. The van der Waals surface area contributed by atoms with Crippen molar-refractivity contribution in [3.8, 4) is 5.75 Å². The molecule has 3 N–H and O–H groups in total. The van der Waals surface area contributed by atoms with Crippen LogP contribution in [0.5, 0.6) is 5.75 Å². The zero-order valence-corrected chi connectivity index (χ0v) is 13.9. The first-order chi connectivity index (χ1) is 11.4. The normalized spacial score (nSPS) is 23.0. The van der Waals surface area contributed by atoms with Crippen LogP contribution in [0.15, 0.2) is 18.2 Å². The van der Waals surface area contributed by atoms with Gasteiger partial charge in [-0.3, -0.25) is 14.9 Å². The van der Waals surface area contributed by atoms with Crippen LogP contribution < -0.4 is 15.4 Å². The highest BCUT2D eigenvalue weighted by Crippen LogP contribution is 2.37. The fourth-order valence-electron chi connectivity index (χ4n) is 3.08. The summed E-state index contributed by atoms with van der Waals surface area (Å²) in [6.45, 7) is 2.09. The smallest absolute Gasteiger partial charge is 0.296 e. The van der Waals surface area contributed by atoms with Crippen LogP contribution in [0.4, 0.5) is 11.4 Å². The molecule has 1 aliphatic rings. The van der Waals surface area contributed by atoms with Crippen molar-refractivity contribution >= 4 is 17.3 Å². The second-order valence-electron chi connectivity index (χ2n) is 6.33. The molecular formula is C16H23N3O5. The molecular weight excluding hydrogens is 314 g/mol. The lowest BCUT2D eigenvalue weighted by atomic mass is 9.86. The molecule has 0 aliphatic heterocycles. The summed E-state index contributed by atoms with van der Waals surface area (Å²) in [4.78, 5) is 22.7. The third-order valence-electron chi connectivity index (χ3n) is 4.63. The standard InChI is InChI=1S/C16H23N3O5/c1-16(10-20)7-3-4-14(16)17-9-15(21)18-12-6-5-11(24-2)8-13(12)19(22)23/h5-6,8,14,17,20H,3-4,7,9-10H2,1-2H3,(H,18,21)/t14-,16-/m0/s1. The summed E-state index contributed by atoms with van der Waals surface area (Å²) in [7, 11) is 1.42. The minimum atomic E-state index is -0.564. The minimum Gasteiger partial charge on any atom is -0.496 e. The molecule has 2 rings (SSSR count). The van der Waals surface area contributed by atoms with Crippen molar-refractivity contribution in [1.82, 2.24) is 5.32 Å². The van der Waals surface area contributed by atoms with Crippen LogP contribution in [0.25, 0.3) is 0 Å². The Balaban J connectivity index is 1.99. The number of methoxy groups -OCH3 is 1. The van der Waals surface area contributed by atoms with Crippen LogP contribution in [-0.2, 0) is 4.79 Å². The molecule has 1 saturated carbocycles. The van der Waals surface area contributed by atoms with Crippen molar-refractivity contribution in [2.75, 3.05) is 25.6 Å². The molecule has 0 bridgehead atoms. The van der Waals surface area contributed by atoms with Crippen molar-refractivity contribution in [3.05, 3.63) is 28.3 Å². The van der Waals surface area contributed by atoms with Crippen LogP contribution in [0.3, 0.4) is 0 Å². The fourth-order valence-corrected chi connectivity index (χ4v) is 3.08. The van der Waals surface area contributed by atoms with Gasteiger partial charge < -0.3 is 20.5 Å². The Bertz CT molecular complexity index is 622. The van der Waals surface area contributed by atoms with Gasteiger partial charge in [0.25, 0.3) is 5.69 Å². The van der Waals surface area contributed by atoms with Crippen LogP contribution in [0.2, 0.25) is 0 Å². The number of rotatable bonds is 7. The SMILES string of the molecule is COc1ccc(NC(=O)CN[C@H]2CCC[C@@]2(C)CO)c([N+](=O)[O-])c1. The zero-order valence-electron chi connectivity index (χ0n) is 13.9. The number of ether oxygens (including phenoxy) is 1. The van der Waals surface area contributed by atoms with E-state index in [4.69, 9.17) is 4.74 Å². The van der Waals surface area contributed by atoms with Gasteiger partial charge in [-0.15, -0.1) is 0 Å². The molecule has 24 heavy (non-hydrogen) atoms. The molecule has 1 fully saturated rings. The highest BCUT2D eigenvalue weighted by atomic mass is 16.6. The van der Waals surface area contributed by atoms with E-state index < -0.39 is 4.92 Å². The maximum atomic E-state index is 12.1. The Labute approximate surface area is 140 Å². The number of carbonyl (C=O) groups is 1. The molecule has 0 spiro atoms. The van der Waals surface area contributed by atoms with Gasteiger partial charge in [-0.1, -0.05) is 13.3 Å². The summed E-state index contributed by atoms with van der Waals surface area (Å²) < 4.78 is 4.96. The second kappa shape index (κ2) is 7.59. The van der Waals surface area contributed by atoms with Gasteiger partial charge in [0.1, 0.15) is 11.4 Å². The van der Waals surface area contributed by atoms with Gasteiger partial charge in [0.15, 0.2) is 0 Å². The number of carbonyl (C=O) groups excluding carboxylic acids is 1. The summed E-state index contributed by atoms with van der Waals surface area (Å²) in [6, 6.07) is 4.32. The summed E-state index contributed by atoms with van der Waals surface area (Å²) in [5, 5.41) is 26.3. The largest absolute Gasteiger partial charge is 0.496 e. The lowest BCUT2D eigenvalue weighted by molar-refractivity contribution is -0.384. The summed E-state index contributed by atoms with van der Waals surface area (Å²) in [5.41, 5.74) is -0.320. The van der Waals surface area contributed by atoms with E-state index in [9.17, 15) is 20.0 Å². The Morgan fingerprint density at radius 3 is 2.92 bits per heavy atom. The van der Waals surface area contributed by atoms with Crippen molar-refractivity contribution in [2.45, 2.75) is 32.2 Å². The topological polar surface area (TPSA) is 114 Å². The monoisotopic (exact) mass is 337 g/mol. The van der Waals surface area contributed by atoms with E-state index in [0.29, 0.717) is 5.75 Å². The maximum absolute atomic E-state index is 12.1. The molecule has 0 saturated heterocycles. The first kappa shape index (κ1) is 18.2. The van der Waals surface area contributed by atoms with Crippen molar-refractivity contribution < 1.29 is 19.6 Å². The Morgan fingerprint density at radius 1 is 1.54 bits per heavy atom. The van der Waals surface area contributed by atoms with E-state index in [1.54, 1.807) is 6.07 Å². The van der Waals surface area contributed by atoms with Gasteiger partial charge in [-0.2, -0.15) is 0 Å². The number of nitro groups is 1. The number of aliphatic hydroxyl groups is 1. The zero-order chi connectivity index (χ0) is 17.7. The predicted octanol–water partition coefficient (Wildman–Crippen LogP) is 1.68. The average molecular weight is 337 g/mol.